The van der Waals surface area contributed by atoms with Crippen LogP contribution in [0.2, 0.25) is 0 Å². The lowest BCUT2D eigenvalue weighted by molar-refractivity contribution is -0.122. The molecule has 0 amide bonds. The largest absolute Gasteiger partial charge is 0.381 e. The fourth-order valence-electron chi connectivity index (χ4n) is 7.36. The highest BCUT2D eigenvalue weighted by Gasteiger charge is 2.53. The molecule has 0 aromatic heterocycles. The topological polar surface area (TPSA) is 26.3 Å². The zero-order chi connectivity index (χ0) is 18.2. The molecule has 2 heteroatoms. The Bertz CT molecular complexity index is 473. The highest BCUT2D eigenvalue weighted by molar-refractivity contribution is 5.78. The average Bonchev–Trinajstić information content (AvgIpc) is 2.97. The van der Waals surface area contributed by atoms with Crippen LogP contribution in [0.15, 0.2) is 0 Å². The van der Waals surface area contributed by atoms with E-state index in [2.05, 4.69) is 20.8 Å². The van der Waals surface area contributed by atoms with Gasteiger partial charge in [-0.25, -0.2) is 0 Å². The Morgan fingerprint density at radius 2 is 1.84 bits per heavy atom. The molecular formula is C23H40O2. The van der Waals surface area contributed by atoms with Crippen molar-refractivity contribution in [2.75, 3.05) is 7.11 Å². The number of hydrogen-bond acceptors (Lipinski definition) is 2. The molecule has 0 radical (unpaired) electrons. The van der Waals surface area contributed by atoms with Crippen LogP contribution in [0.5, 0.6) is 0 Å². The van der Waals surface area contributed by atoms with Crippen LogP contribution in [0.1, 0.15) is 85.5 Å². The van der Waals surface area contributed by atoms with E-state index in [4.69, 9.17) is 4.74 Å². The summed E-state index contributed by atoms with van der Waals surface area (Å²) in [6, 6.07) is 0. The number of fused-ring (bicyclic) bond motifs is 1. The van der Waals surface area contributed by atoms with E-state index in [1.54, 1.807) is 0 Å². The van der Waals surface area contributed by atoms with Crippen LogP contribution in [0.4, 0.5) is 0 Å². The zero-order valence-corrected chi connectivity index (χ0v) is 17.2. The van der Waals surface area contributed by atoms with Gasteiger partial charge in [0.2, 0.25) is 0 Å². The van der Waals surface area contributed by atoms with Gasteiger partial charge in [-0.2, -0.15) is 0 Å². The minimum atomic E-state index is 0.335. The van der Waals surface area contributed by atoms with E-state index in [0.717, 1.165) is 30.1 Å². The third-order valence-electron chi connectivity index (χ3n) is 8.82. The average molecular weight is 349 g/mol. The first-order valence-corrected chi connectivity index (χ1v) is 11.0. The fraction of sp³-hybridized carbons (Fsp3) is 0.957. The van der Waals surface area contributed by atoms with Crippen LogP contribution in [-0.4, -0.2) is 19.0 Å². The zero-order valence-electron chi connectivity index (χ0n) is 17.2. The fourth-order valence-corrected chi connectivity index (χ4v) is 7.36. The van der Waals surface area contributed by atoms with E-state index >= 15 is 0 Å². The molecule has 0 bridgehead atoms. The van der Waals surface area contributed by atoms with Gasteiger partial charge in [-0.1, -0.05) is 27.2 Å². The van der Waals surface area contributed by atoms with Crippen LogP contribution < -0.4 is 0 Å². The summed E-state index contributed by atoms with van der Waals surface area (Å²) in [5.41, 5.74) is 0.502. The molecule has 2 nitrogen and oxygen atoms in total. The predicted molar refractivity (Wildman–Crippen MR) is 103 cm³/mol. The minimum Gasteiger partial charge on any atom is -0.381 e. The maximum absolute atomic E-state index is 12.0. The standard InChI is InChI=1S/C23H40O2/c1-6-7-22-21(20-11-10-19(15(20)2)16(3)24)9-8-17-14-18(25-5)12-13-23(17,22)4/h15,17-22H,6-14H2,1-5H3. The van der Waals surface area contributed by atoms with Crippen molar-refractivity contribution in [1.82, 2.24) is 0 Å². The molecule has 0 heterocycles. The van der Waals surface area contributed by atoms with Gasteiger partial charge in [-0.05, 0) is 93.3 Å². The van der Waals surface area contributed by atoms with E-state index in [1.807, 2.05) is 14.0 Å². The first kappa shape index (κ1) is 19.4. The van der Waals surface area contributed by atoms with Gasteiger partial charge in [-0.3, -0.25) is 4.79 Å². The summed E-state index contributed by atoms with van der Waals surface area (Å²) < 4.78 is 5.73. The summed E-state index contributed by atoms with van der Waals surface area (Å²) in [6.07, 6.45) is 12.2. The maximum atomic E-state index is 12.0. The number of ketones is 1. The molecule has 3 aliphatic carbocycles. The van der Waals surface area contributed by atoms with Crippen LogP contribution in [-0.2, 0) is 9.53 Å². The van der Waals surface area contributed by atoms with Crippen molar-refractivity contribution in [2.45, 2.75) is 91.6 Å². The number of carbonyl (C=O) groups is 1. The summed E-state index contributed by atoms with van der Waals surface area (Å²) in [5, 5.41) is 0. The summed E-state index contributed by atoms with van der Waals surface area (Å²) in [4.78, 5) is 12.0. The summed E-state index contributed by atoms with van der Waals surface area (Å²) in [6.45, 7) is 9.17. The molecule has 0 aromatic carbocycles. The first-order valence-electron chi connectivity index (χ1n) is 11.0. The number of methoxy groups -OCH3 is 1. The van der Waals surface area contributed by atoms with Gasteiger partial charge >= 0.3 is 0 Å². The summed E-state index contributed by atoms with van der Waals surface area (Å²) in [5.74, 6) is 4.69. The third kappa shape index (κ3) is 3.45. The number of carbonyl (C=O) groups excluding carboxylic acids is 1. The van der Waals surface area contributed by atoms with Gasteiger partial charge in [0.05, 0.1) is 6.10 Å². The minimum absolute atomic E-state index is 0.335. The van der Waals surface area contributed by atoms with Crippen LogP contribution in [0, 0.1) is 40.9 Å². The lowest BCUT2D eigenvalue weighted by Gasteiger charge is -2.57. The van der Waals surface area contributed by atoms with Crippen LogP contribution >= 0.6 is 0 Å². The van der Waals surface area contributed by atoms with Crippen molar-refractivity contribution in [3.8, 4) is 0 Å². The number of rotatable bonds is 5. The molecule has 0 spiro atoms. The summed E-state index contributed by atoms with van der Waals surface area (Å²) >= 11 is 0. The Morgan fingerprint density at radius 3 is 2.44 bits per heavy atom. The van der Waals surface area contributed by atoms with E-state index in [0.29, 0.717) is 29.1 Å². The molecule has 8 unspecified atom stereocenters. The molecule has 3 fully saturated rings. The van der Waals surface area contributed by atoms with E-state index < -0.39 is 0 Å². The van der Waals surface area contributed by atoms with Gasteiger partial charge in [0.1, 0.15) is 5.78 Å². The monoisotopic (exact) mass is 348 g/mol. The molecule has 25 heavy (non-hydrogen) atoms. The van der Waals surface area contributed by atoms with Gasteiger partial charge in [-0.15, -0.1) is 0 Å². The van der Waals surface area contributed by atoms with Gasteiger partial charge < -0.3 is 4.74 Å². The van der Waals surface area contributed by atoms with Crippen molar-refractivity contribution in [1.29, 1.82) is 0 Å². The molecular weight excluding hydrogens is 308 g/mol. The second-order valence-electron chi connectivity index (χ2n) is 9.79. The molecule has 0 N–H and O–H groups in total. The van der Waals surface area contributed by atoms with Crippen molar-refractivity contribution >= 4 is 5.78 Å². The highest BCUT2D eigenvalue weighted by atomic mass is 16.5. The molecule has 8 atom stereocenters. The van der Waals surface area contributed by atoms with E-state index in [-0.39, 0.29) is 0 Å². The smallest absolute Gasteiger partial charge is 0.133 e. The van der Waals surface area contributed by atoms with Crippen LogP contribution in [0.3, 0.4) is 0 Å². The van der Waals surface area contributed by atoms with Crippen molar-refractivity contribution in [2.24, 2.45) is 40.9 Å². The summed E-state index contributed by atoms with van der Waals surface area (Å²) in [7, 11) is 1.89. The second-order valence-corrected chi connectivity index (χ2v) is 9.79. The SMILES string of the molecule is CCCC1C(C2CCC(C(C)=O)C2C)CCC2CC(OC)CCC21C. The van der Waals surface area contributed by atoms with E-state index in [9.17, 15) is 4.79 Å². The molecule has 3 rings (SSSR count). The molecule has 3 aliphatic rings. The lowest BCUT2D eigenvalue weighted by Crippen LogP contribution is -2.50. The Labute approximate surface area is 155 Å². The molecule has 0 saturated heterocycles. The number of ether oxygens (including phenoxy) is 1. The Kier molecular flexibility index (Phi) is 5.98. The second kappa shape index (κ2) is 7.71. The predicted octanol–water partition coefficient (Wildman–Crippen LogP) is 5.89. The number of hydrogen-bond donors (Lipinski definition) is 0. The van der Waals surface area contributed by atoms with E-state index in [1.165, 1.54) is 51.4 Å². The molecule has 0 aromatic rings. The van der Waals surface area contributed by atoms with Gasteiger partial charge in [0.25, 0.3) is 0 Å². The Balaban J connectivity index is 1.80. The number of Topliss-reactive ketones (excluding diaryl/α,β-unsaturated/α-hetero) is 1. The Morgan fingerprint density at radius 1 is 1.12 bits per heavy atom. The molecule has 3 saturated carbocycles. The first-order chi connectivity index (χ1) is 11.9. The normalized spacial score (nSPS) is 47.5. The molecule has 144 valence electrons. The third-order valence-corrected chi connectivity index (χ3v) is 8.82. The van der Waals surface area contributed by atoms with Crippen molar-refractivity contribution in [3.05, 3.63) is 0 Å². The van der Waals surface area contributed by atoms with Gasteiger partial charge in [0, 0.05) is 13.0 Å². The highest BCUT2D eigenvalue weighted by Crippen LogP contribution is 2.60. The quantitative estimate of drug-likeness (QED) is 0.619. The Hall–Kier alpha value is -0.370. The van der Waals surface area contributed by atoms with Crippen molar-refractivity contribution < 1.29 is 9.53 Å². The van der Waals surface area contributed by atoms with Crippen LogP contribution in [0.25, 0.3) is 0 Å². The van der Waals surface area contributed by atoms with Crippen molar-refractivity contribution in [3.63, 3.8) is 0 Å². The molecule has 0 aliphatic heterocycles. The lowest BCUT2D eigenvalue weighted by atomic mass is 9.49. The van der Waals surface area contributed by atoms with Gasteiger partial charge in [0.15, 0.2) is 0 Å². The maximum Gasteiger partial charge on any atom is 0.133 e.